The molecule has 0 aromatic rings. The number of amides is 2. The van der Waals surface area contributed by atoms with Crippen LogP contribution in [0, 0.1) is 29.1 Å². The van der Waals surface area contributed by atoms with E-state index in [0.717, 1.165) is 0 Å². The minimum atomic E-state index is -1.69. The summed E-state index contributed by atoms with van der Waals surface area (Å²) in [6.07, 6.45) is -9.26. The number of ether oxygens (including phenoxy) is 7. The number of nitrogens with one attached hydrogen (secondary N) is 1. The number of nitrogens with zero attached hydrogens (tertiary/aromatic N) is 1. The first-order chi connectivity index (χ1) is 25.4. The van der Waals surface area contributed by atoms with Crippen molar-refractivity contribution in [2.24, 2.45) is 34.8 Å². The summed E-state index contributed by atoms with van der Waals surface area (Å²) in [4.78, 5) is 56.3. The number of primary amides is 1. The zero-order chi connectivity index (χ0) is 41.5. The summed E-state index contributed by atoms with van der Waals surface area (Å²) in [5.41, 5.74) is 2.02. The second-order valence-corrected chi connectivity index (χ2v) is 17.8. The standard InChI is InChI=1S/C39H67N3O13/c1-14-25-39(11)30(41-36(48)55-39)20(4)27(43)18(2)16-38(10,54-35(40)47)32(53-34-28(44)24(42(12)13)15-19(3)49-34)21(5)29(22(6)33(46)51-25)52-26-17-37(8,9)31(45)23(7)50-26/h18-26,28-32,34,44-45H,14-17H2,1-13H3,(H2,40,47)(H,41,48)/t18-,19-,20+,21+,22-,23+,24+,25-,26+,28-,29+,30-,31+,32-,34+,38-,39-/m1/s1. The molecule has 0 bridgehead atoms. The Bertz CT molecular complexity index is 1400. The van der Waals surface area contributed by atoms with Gasteiger partial charge in [0.2, 0.25) is 0 Å². The molecule has 2 amide bonds. The van der Waals surface area contributed by atoms with Crippen LogP contribution < -0.4 is 11.1 Å². The molecule has 16 heteroatoms. The summed E-state index contributed by atoms with van der Waals surface area (Å²) >= 11 is 0. The van der Waals surface area contributed by atoms with E-state index >= 15 is 0 Å². The largest absolute Gasteiger partial charge is 0.458 e. The van der Waals surface area contributed by atoms with Crippen LogP contribution in [-0.2, 0) is 42.7 Å². The van der Waals surface area contributed by atoms with Crippen molar-refractivity contribution in [3.63, 3.8) is 0 Å². The molecule has 0 aliphatic carbocycles. The maximum atomic E-state index is 14.4. The molecule has 55 heavy (non-hydrogen) atoms. The van der Waals surface area contributed by atoms with Crippen LogP contribution in [0.15, 0.2) is 0 Å². The number of hydrogen-bond donors (Lipinski definition) is 4. The van der Waals surface area contributed by atoms with Crippen molar-refractivity contribution in [3.05, 3.63) is 0 Å². The number of aliphatic hydroxyl groups excluding tert-OH is 2. The molecule has 5 N–H and O–H groups in total. The van der Waals surface area contributed by atoms with Crippen LogP contribution in [0.2, 0.25) is 0 Å². The van der Waals surface area contributed by atoms with E-state index in [4.69, 9.17) is 38.9 Å². The van der Waals surface area contributed by atoms with Crippen LogP contribution in [0.1, 0.15) is 102 Å². The van der Waals surface area contributed by atoms with Gasteiger partial charge in [-0.25, -0.2) is 9.59 Å². The predicted molar refractivity (Wildman–Crippen MR) is 198 cm³/mol. The zero-order valence-corrected chi connectivity index (χ0v) is 34.9. The second kappa shape index (κ2) is 17.1. The third kappa shape index (κ3) is 9.42. The number of hydrogen-bond acceptors (Lipinski definition) is 14. The van der Waals surface area contributed by atoms with Gasteiger partial charge in [0.1, 0.15) is 29.7 Å². The summed E-state index contributed by atoms with van der Waals surface area (Å²) in [6.45, 7) is 19.2. The summed E-state index contributed by atoms with van der Waals surface area (Å²) in [5.74, 6) is -4.53. The van der Waals surface area contributed by atoms with Gasteiger partial charge in [-0.2, -0.15) is 0 Å². The molecule has 17 atom stereocenters. The van der Waals surface area contributed by atoms with Crippen molar-refractivity contribution in [3.8, 4) is 0 Å². The third-order valence-corrected chi connectivity index (χ3v) is 12.6. The Morgan fingerprint density at radius 2 is 1.60 bits per heavy atom. The molecule has 4 aliphatic heterocycles. The Morgan fingerprint density at radius 1 is 0.964 bits per heavy atom. The Hall–Kier alpha value is -2.60. The van der Waals surface area contributed by atoms with Gasteiger partial charge in [0.15, 0.2) is 18.2 Å². The molecule has 0 saturated carbocycles. The van der Waals surface area contributed by atoms with E-state index in [9.17, 15) is 29.4 Å². The maximum absolute atomic E-state index is 14.4. The van der Waals surface area contributed by atoms with Crippen LogP contribution in [0.4, 0.5) is 9.59 Å². The molecule has 316 valence electrons. The molecule has 4 heterocycles. The number of alkyl carbamates (subject to hydrolysis) is 1. The van der Waals surface area contributed by atoms with Crippen LogP contribution in [0.5, 0.6) is 0 Å². The molecule has 4 saturated heterocycles. The first-order valence-electron chi connectivity index (χ1n) is 19.7. The van der Waals surface area contributed by atoms with Gasteiger partial charge in [-0.1, -0.05) is 41.5 Å². The lowest BCUT2D eigenvalue weighted by molar-refractivity contribution is -0.311. The number of Topliss-reactive ketones (excluding diaryl/α,β-unsaturated/α-hetero) is 1. The normalized spacial score (nSPS) is 45.8. The number of esters is 1. The Labute approximate surface area is 325 Å². The van der Waals surface area contributed by atoms with Gasteiger partial charge in [-0.05, 0) is 73.4 Å². The van der Waals surface area contributed by atoms with E-state index in [0.29, 0.717) is 6.42 Å². The molecule has 4 aliphatic rings. The lowest BCUT2D eigenvalue weighted by atomic mass is 9.73. The summed E-state index contributed by atoms with van der Waals surface area (Å²) in [5, 5.41) is 25.3. The summed E-state index contributed by atoms with van der Waals surface area (Å²) in [6, 6.07) is -1.24. The minimum absolute atomic E-state index is 0.110. The fraction of sp³-hybridized carbons (Fsp3) is 0.897. The quantitative estimate of drug-likeness (QED) is 0.216. The van der Waals surface area contributed by atoms with E-state index in [2.05, 4.69) is 5.32 Å². The van der Waals surface area contributed by atoms with Crippen LogP contribution in [0.25, 0.3) is 0 Å². The number of aliphatic hydroxyl groups is 2. The van der Waals surface area contributed by atoms with E-state index < -0.39 is 114 Å². The van der Waals surface area contributed by atoms with Crippen molar-refractivity contribution in [2.45, 2.75) is 180 Å². The first kappa shape index (κ1) is 45.1. The zero-order valence-electron chi connectivity index (χ0n) is 34.9. The maximum Gasteiger partial charge on any atom is 0.408 e. The minimum Gasteiger partial charge on any atom is -0.458 e. The average Bonchev–Trinajstić information content (AvgIpc) is 3.39. The van der Waals surface area contributed by atoms with E-state index in [1.165, 1.54) is 0 Å². The summed E-state index contributed by atoms with van der Waals surface area (Å²) in [7, 11) is 3.68. The van der Waals surface area contributed by atoms with Crippen LogP contribution in [-0.4, -0.2) is 132 Å². The molecule has 4 rings (SSSR count). The van der Waals surface area contributed by atoms with Gasteiger partial charge >= 0.3 is 18.2 Å². The SMILES string of the molecule is CC[C@H]1OC(=O)[C@H](C)[C@@H](O[C@H]2CC(C)(C)[C@@H](O)[C@H](C)O2)[C@H](C)[C@@H](O[C@@H]2O[C@H](C)C[C@H](N(C)C)[C@H]2O)[C@](C)(OC(N)=O)C[C@@H](C)C(=O)[C@H](C)[C@H]2NC(=O)O[C@@]21C. The summed E-state index contributed by atoms with van der Waals surface area (Å²) < 4.78 is 43.9. The highest BCUT2D eigenvalue weighted by Crippen LogP contribution is 2.43. The first-order valence-corrected chi connectivity index (χ1v) is 19.7. The Morgan fingerprint density at radius 3 is 2.16 bits per heavy atom. The van der Waals surface area contributed by atoms with Crippen molar-refractivity contribution < 1.29 is 62.5 Å². The molecular weight excluding hydrogens is 718 g/mol. The topological polar surface area (TPSA) is 215 Å². The van der Waals surface area contributed by atoms with Crippen molar-refractivity contribution in [1.82, 2.24) is 10.2 Å². The van der Waals surface area contributed by atoms with Gasteiger partial charge in [-0.3, -0.25) is 9.59 Å². The predicted octanol–water partition coefficient (Wildman–Crippen LogP) is 3.26. The van der Waals surface area contributed by atoms with Gasteiger partial charge in [0.25, 0.3) is 0 Å². The van der Waals surface area contributed by atoms with Gasteiger partial charge < -0.3 is 59.3 Å². The lowest BCUT2D eigenvalue weighted by Crippen LogP contribution is -2.61. The molecule has 0 aromatic carbocycles. The highest BCUT2D eigenvalue weighted by molar-refractivity contribution is 5.85. The van der Waals surface area contributed by atoms with E-state index in [-0.39, 0.29) is 37.2 Å². The number of cyclic esters (lactones) is 1. The highest BCUT2D eigenvalue weighted by Gasteiger charge is 2.58. The smallest absolute Gasteiger partial charge is 0.408 e. The molecule has 0 spiro atoms. The fourth-order valence-electron chi connectivity index (χ4n) is 9.50. The second-order valence-electron chi connectivity index (χ2n) is 17.8. The number of carbonyl (C=O) groups is 4. The highest BCUT2D eigenvalue weighted by atomic mass is 16.7. The number of likely N-dealkylation sites (N-methyl/N-ethyl adjacent to an activating group) is 1. The number of rotatable bonds is 7. The monoisotopic (exact) mass is 785 g/mol. The fourth-order valence-corrected chi connectivity index (χ4v) is 9.50. The molecule has 4 fully saturated rings. The van der Waals surface area contributed by atoms with Gasteiger partial charge in [-0.15, -0.1) is 0 Å². The Kier molecular flexibility index (Phi) is 14.0. The number of fused-ring (bicyclic) bond motifs is 1. The molecular formula is C39H67N3O13. The number of nitrogens with two attached hydrogens (primary N) is 1. The van der Waals surface area contributed by atoms with Crippen molar-refractivity contribution in [1.29, 1.82) is 0 Å². The van der Waals surface area contributed by atoms with Crippen molar-refractivity contribution in [2.75, 3.05) is 14.1 Å². The third-order valence-electron chi connectivity index (χ3n) is 12.6. The lowest BCUT2D eigenvalue weighted by Gasteiger charge is -2.49. The van der Waals surface area contributed by atoms with E-state index in [1.807, 2.05) is 39.8 Å². The van der Waals surface area contributed by atoms with Gasteiger partial charge in [0, 0.05) is 30.2 Å². The molecule has 0 aromatic heterocycles. The molecule has 0 radical (unpaired) electrons. The van der Waals surface area contributed by atoms with Crippen LogP contribution in [0.3, 0.4) is 0 Å². The van der Waals surface area contributed by atoms with E-state index in [1.54, 1.807) is 55.4 Å². The number of carbonyl (C=O) groups excluding carboxylic acids is 4. The average molecular weight is 786 g/mol. The van der Waals surface area contributed by atoms with Crippen LogP contribution >= 0.6 is 0 Å². The Balaban J connectivity index is 1.91. The van der Waals surface area contributed by atoms with Crippen molar-refractivity contribution >= 4 is 23.9 Å². The molecule has 16 nitrogen and oxygen atoms in total. The molecule has 0 unspecified atom stereocenters. The number of ketones is 1. The van der Waals surface area contributed by atoms with Gasteiger partial charge in [0.05, 0.1) is 36.4 Å².